The number of rotatable bonds is 6. The molecular weight excluding hydrogens is 192 g/mol. The molecule has 0 amide bonds. The summed E-state index contributed by atoms with van der Waals surface area (Å²) in [6.45, 7) is 3.21. The highest BCUT2D eigenvalue weighted by molar-refractivity contribution is 7.98. The van der Waals surface area contributed by atoms with Gasteiger partial charge in [0, 0.05) is 37.3 Å². The van der Waals surface area contributed by atoms with Crippen LogP contribution >= 0.6 is 11.8 Å². The molecule has 0 radical (unpaired) electrons. The van der Waals surface area contributed by atoms with Crippen LogP contribution in [0.3, 0.4) is 0 Å². The van der Waals surface area contributed by atoms with Crippen LogP contribution in [-0.2, 0) is 13.6 Å². The molecule has 0 aliphatic heterocycles. The van der Waals surface area contributed by atoms with Crippen molar-refractivity contribution < 1.29 is 0 Å². The summed E-state index contributed by atoms with van der Waals surface area (Å²) in [5, 5.41) is 3.57. The minimum absolute atomic E-state index is 0.639. The Morgan fingerprint density at radius 1 is 1.57 bits per heavy atom. The predicted molar refractivity (Wildman–Crippen MR) is 64.7 cm³/mol. The van der Waals surface area contributed by atoms with Gasteiger partial charge in [0.2, 0.25) is 0 Å². The molecule has 1 N–H and O–H groups in total. The van der Waals surface area contributed by atoms with Crippen LogP contribution in [0.15, 0.2) is 18.3 Å². The Hall–Kier alpha value is -0.410. The lowest BCUT2D eigenvalue weighted by molar-refractivity contribution is 0.529. The van der Waals surface area contributed by atoms with Crippen LogP contribution in [0.1, 0.15) is 19.0 Å². The highest BCUT2D eigenvalue weighted by atomic mass is 32.2. The van der Waals surface area contributed by atoms with Crippen LogP contribution in [0.4, 0.5) is 0 Å². The molecule has 3 heteroatoms. The zero-order chi connectivity index (χ0) is 10.4. The molecule has 2 nitrogen and oxygen atoms in total. The predicted octanol–water partition coefficient (Wildman–Crippen LogP) is 2.26. The van der Waals surface area contributed by atoms with Crippen LogP contribution in [0.5, 0.6) is 0 Å². The van der Waals surface area contributed by atoms with E-state index in [2.05, 4.69) is 48.4 Å². The average Bonchev–Trinajstić information content (AvgIpc) is 2.59. The number of nitrogens with one attached hydrogen (secondary N) is 1. The maximum absolute atomic E-state index is 3.57. The molecule has 14 heavy (non-hydrogen) atoms. The molecule has 80 valence electrons. The lowest BCUT2D eigenvalue weighted by Crippen LogP contribution is -2.30. The van der Waals surface area contributed by atoms with Crippen molar-refractivity contribution in [3.8, 4) is 0 Å². The third-order valence-corrected chi connectivity index (χ3v) is 3.22. The Labute approximate surface area is 91.1 Å². The second kappa shape index (κ2) is 6.14. The van der Waals surface area contributed by atoms with E-state index in [-0.39, 0.29) is 0 Å². The first-order valence-electron chi connectivity index (χ1n) is 5.10. The Balaban J connectivity index is 2.35. The van der Waals surface area contributed by atoms with Gasteiger partial charge in [-0.2, -0.15) is 11.8 Å². The first-order valence-corrected chi connectivity index (χ1v) is 6.49. The van der Waals surface area contributed by atoms with Crippen molar-refractivity contribution in [2.75, 3.05) is 12.0 Å². The maximum atomic E-state index is 3.57. The van der Waals surface area contributed by atoms with Gasteiger partial charge in [-0.1, -0.05) is 6.92 Å². The molecule has 1 aromatic heterocycles. The minimum Gasteiger partial charge on any atom is -0.353 e. The van der Waals surface area contributed by atoms with E-state index < -0.39 is 0 Å². The molecule has 1 atom stereocenters. The van der Waals surface area contributed by atoms with Crippen LogP contribution < -0.4 is 5.32 Å². The van der Waals surface area contributed by atoms with E-state index in [9.17, 15) is 0 Å². The zero-order valence-electron chi connectivity index (χ0n) is 9.29. The van der Waals surface area contributed by atoms with E-state index in [1.165, 1.54) is 17.9 Å². The highest BCUT2D eigenvalue weighted by Gasteiger charge is 2.05. The lowest BCUT2D eigenvalue weighted by Gasteiger charge is -2.15. The zero-order valence-corrected chi connectivity index (χ0v) is 10.1. The summed E-state index contributed by atoms with van der Waals surface area (Å²) in [5.41, 5.74) is 1.35. The van der Waals surface area contributed by atoms with Gasteiger partial charge >= 0.3 is 0 Å². The third kappa shape index (κ3) is 3.39. The standard InChI is InChI=1S/C11H20N2S/c1-4-10(9-14-3)12-8-11-6-5-7-13(11)2/h5-7,10,12H,4,8-9H2,1-3H3. The van der Waals surface area contributed by atoms with Crippen molar-refractivity contribution in [2.24, 2.45) is 7.05 Å². The fourth-order valence-corrected chi connectivity index (χ4v) is 2.21. The summed E-state index contributed by atoms with van der Waals surface area (Å²) < 4.78 is 2.17. The first kappa shape index (κ1) is 11.7. The topological polar surface area (TPSA) is 17.0 Å². The first-order chi connectivity index (χ1) is 6.77. The number of hydrogen-bond acceptors (Lipinski definition) is 2. The van der Waals surface area contributed by atoms with Crippen LogP contribution in [0, 0.1) is 0 Å². The fourth-order valence-electron chi connectivity index (χ4n) is 1.45. The van der Waals surface area contributed by atoms with Gasteiger partial charge in [0.05, 0.1) is 0 Å². The normalized spacial score (nSPS) is 13.1. The van der Waals surface area contributed by atoms with Gasteiger partial charge in [-0.3, -0.25) is 0 Å². The van der Waals surface area contributed by atoms with E-state index >= 15 is 0 Å². The van der Waals surface area contributed by atoms with Crippen molar-refractivity contribution >= 4 is 11.8 Å². The second-order valence-corrected chi connectivity index (χ2v) is 4.46. The second-order valence-electron chi connectivity index (χ2n) is 3.55. The van der Waals surface area contributed by atoms with E-state index in [0.717, 1.165) is 6.54 Å². The summed E-state index contributed by atoms with van der Waals surface area (Å²) in [6, 6.07) is 4.89. The molecule has 0 saturated heterocycles. The number of hydrogen-bond donors (Lipinski definition) is 1. The molecule has 0 saturated carbocycles. The van der Waals surface area contributed by atoms with Gasteiger partial charge < -0.3 is 9.88 Å². The van der Waals surface area contributed by atoms with Crippen molar-refractivity contribution in [2.45, 2.75) is 25.9 Å². The van der Waals surface area contributed by atoms with Gasteiger partial charge in [-0.25, -0.2) is 0 Å². The third-order valence-electron chi connectivity index (χ3n) is 2.48. The van der Waals surface area contributed by atoms with Crippen molar-refractivity contribution in [3.05, 3.63) is 24.0 Å². The molecule has 1 unspecified atom stereocenters. The lowest BCUT2D eigenvalue weighted by atomic mass is 10.2. The summed E-state index contributed by atoms with van der Waals surface area (Å²) in [6.07, 6.45) is 5.45. The minimum atomic E-state index is 0.639. The Morgan fingerprint density at radius 2 is 2.36 bits per heavy atom. The molecule has 0 spiro atoms. The van der Waals surface area contributed by atoms with Crippen molar-refractivity contribution in [1.29, 1.82) is 0 Å². The monoisotopic (exact) mass is 212 g/mol. The fraction of sp³-hybridized carbons (Fsp3) is 0.636. The number of nitrogens with zero attached hydrogens (tertiary/aromatic N) is 1. The Kier molecular flexibility index (Phi) is 5.12. The quantitative estimate of drug-likeness (QED) is 0.779. The largest absolute Gasteiger partial charge is 0.353 e. The number of thioether (sulfide) groups is 1. The molecule has 0 bridgehead atoms. The van der Waals surface area contributed by atoms with Gasteiger partial charge in [0.25, 0.3) is 0 Å². The smallest absolute Gasteiger partial charge is 0.0361 e. The van der Waals surface area contributed by atoms with E-state index in [1.807, 2.05) is 11.8 Å². The molecule has 0 aliphatic carbocycles. The highest BCUT2D eigenvalue weighted by Crippen LogP contribution is 2.04. The molecule has 1 rings (SSSR count). The number of aromatic nitrogens is 1. The van der Waals surface area contributed by atoms with Crippen molar-refractivity contribution in [1.82, 2.24) is 9.88 Å². The molecular formula is C11H20N2S. The van der Waals surface area contributed by atoms with Crippen LogP contribution in [0.25, 0.3) is 0 Å². The molecule has 1 heterocycles. The summed E-state index contributed by atoms with van der Waals surface area (Å²) in [4.78, 5) is 0. The molecule has 0 aromatic carbocycles. The summed E-state index contributed by atoms with van der Waals surface area (Å²) in [5.74, 6) is 1.20. The molecule has 0 fully saturated rings. The Bertz CT molecular complexity index is 258. The molecule has 1 aromatic rings. The van der Waals surface area contributed by atoms with E-state index in [0.29, 0.717) is 6.04 Å². The van der Waals surface area contributed by atoms with E-state index in [4.69, 9.17) is 0 Å². The van der Waals surface area contributed by atoms with Gasteiger partial charge in [-0.15, -0.1) is 0 Å². The molecule has 0 aliphatic rings. The van der Waals surface area contributed by atoms with E-state index in [1.54, 1.807) is 0 Å². The SMILES string of the molecule is CCC(CSC)NCc1cccn1C. The average molecular weight is 212 g/mol. The van der Waals surface area contributed by atoms with Crippen LogP contribution in [-0.4, -0.2) is 22.6 Å². The van der Waals surface area contributed by atoms with Gasteiger partial charge in [0.15, 0.2) is 0 Å². The van der Waals surface area contributed by atoms with Crippen LogP contribution in [0.2, 0.25) is 0 Å². The maximum Gasteiger partial charge on any atom is 0.0361 e. The van der Waals surface area contributed by atoms with Gasteiger partial charge in [-0.05, 0) is 24.8 Å². The Morgan fingerprint density at radius 3 is 2.86 bits per heavy atom. The summed E-state index contributed by atoms with van der Waals surface area (Å²) >= 11 is 1.91. The van der Waals surface area contributed by atoms with Crippen molar-refractivity contribution in [3.63, 3.8) is 0 Å². The van der Waals surface area contributed by atoms with Gasteiger partial charge in [0.1, 0.15) is 0 Å². The number of aryl methyl sites for hydroxylation is 1. The summed E-state index contributed by atoms with van der Waals surface area (Å²) in [7, 11) is 2.09.